The van der Waals surface area contributed by atoms with Gasteiger partial charge in [0.1, 0.15) is 34.2 Å². The molecule has 52 heavy (non-hydrogen) atoms. The van der Waals surface area contributed by atoms with Gasteiger partial charge in [-0.2, -0.15) is 0 Å². The maximum absolute atomic E-state index is 13.9. The highest BCUT2D eigenvalue weighted by Crippen LogP contribution is 2.27. The fourth-order valence-corrected chi connectivity index (χ4v) is 4.88. The third-order valence-corrected chi connectivity index (χ3v) is 6.74. The van der Waals surface area contributed by atoms with Crippen LogP contribution in [-0.2, 0) is 47.7 Å². The van der Waals surface area contributed by atoms with Gasteiger partial charge in [0.25, 0.3) is 0 Å². The molecule has 0 heterocycles. The lowest BCUT2D eigenvalue weighted by Crippen LogP contribution is -2.48. The molecule has 296 valence electrons. The molecule has 0 saturated heterocycles. The predicted octanol–water partition coefficient (Wildman–Crippen LogP) is 4.18. The van der Waals surface area contributed by atoms with Gasteiger partial charge in [-0.25, -0.2) is 4.79 Å². The third-order valence-electron chi connectivity index (χ3n) is 6.74. The van der Waals surface area contributed by atoms with Crippen molar-refractivity contribution in [1.29, 1.82) is 0 Å². The van der Waals surface area contributed by atoms with Crippen LogP contribution in [0, 0.1) is 0 Å². The van der Waals surface area contributed by atoms with Crippen LogP contribution in [0.15, 0.2) is 24.3 Å². The van der Waals surface area contributed by atoms with Gasteiger partial charge in [-0.15, -0.1) is 0 Å². The third kappa shape index (κ3) is 20.3. The molecule has 1 rings (SSSR count). The summed E-state index contributed by atoms with van der Waals surface area (Å²) in [5.74, 6) is -2.14. The molecule has 14 heteroatoms. The molecule has 1 aromatic carbocycles. The number of rotatable bonds is 18. The zero-order chi connectivity index (χ0) is 40.1. The summed E-state index contributed by atoms with van der Waals surface area (Å²) in [4.78, 5) is 70.4. The lowest BCUT2D eigenvalue weighted by atomic mass is 10.0. The lowest BCUT2D eigenvalue weighted by Gasteiger charge is -2.34. The standard InChI is InChI=1S/C38H63N3O11/c1-35(2,3)49-30(43)24-40(25-31(44)50-36(4,5)6)20-19-39(23-29(42)48-14)21-22-41(26-32(45)51-37(7,8)9)33(34(46)52-38(10,11)12)27-15-17-28(47-13)18-16-27/h15-18,33H,19-26H2,1-14H3. The Labute approximate surface area is 310 Å². The first-order chi connectivity index (χ1) is 23.7. The maximum atomic E-state index is 13.9. The number of carbonyl (C=O) groups is 5. The number of hydrogen-bond donors (Lipinski definition) is 0. The Morgan fingerprint density at radius 3 is 1.31 bits per heavy atom. The molecule has 1 aromatic rings. The number of methoxy groups -OCH3 is 2. The van der Waals surface area contributed by atoms with Crippen molar-refractivity contribution in [2.75, 3.05) is 66.6 Å². The first-order valence-electron chi connectivity index (χ1n) is 17.5. The van der Waals surface area contributed by atoms with Crippen molar-refractivity contribution in [1.82, 2.24) is 14.7 Å². The molecule has 0 amide bonds. The Morgan fingerprint density at radius 2 is 0.904 bits per heavy atom. The highest BCUT2D eigenvalue weighted by molar-refractivity contribution is 5.80. The molecule has 0 spiro atoms. The molecule has 14 nitrogen and oxygen atoms in total. The molecule has 0 saturated carbocycles. The Kier molecular flexibility index (Phi) is 17.7. The van der Waals surface area contributed by atoms with E-state index in [1.165, 1.54) is 14.2 Å². The molecule has 0 radical (unpaired) electrons. The Morgan fingerprint density at radius 1 is 0.519 bits per heavy atom. The SMILES string of the molecule is COC(=O)CN(CCN(CC(=O)OC(C)(C)C)CC(=O)OC(C)(C)C)CCN(CC(=O)OC(C)(C)C)C(C(=O)OC(C)(C)C)c1ccc(OC)cc1. The second-order valence-corrected chi connectivity index (χ2v) is 16.5. The second kappa shape index (κ2) is 19.9. The first kappa shape index (κ1) is 46.3. The molecular weight excluding hydrogens is 674 g/mol. The predicted molar refractivity (Wildman–Crippen MR) is 196 cm³/mol. The van der Waals surface area contributed by atoms with Crippen molar-refractivity contribution in [3.63, 3.8) is 0 Å². The largest absolute Gasteiger partial charge is 0.497 e. The van der Waals surface area contributed by atoms with Crippen molar-refractivity contribution < 1.29 is 52.4 Å². The summed E-state index contributed by atoms with van der Waals surface area (Å²) in [6.45, 7) is 20.8. The van der Waals surface area contributed by atoms with E-state index in [0.717, 1.165) is 0 Å². The average Bonchev–Trinajstić information content (AvgIpc) is 2.94. The molecule has 0 aliphatic rings. The highest BCUT2D eigenvalue weighted by Gasteiger charge is 2.35. The van der Waals surface area contributed by atoms with E-state index >= 15 is 0 Å². The zero-order valence-corrected chi connectivity index (χ0v) is 33.9. The Hall–Kier alpha value is -3.75. The van der Waals surface area contributed by atoms with E-state index in [4.69, 9.17) is 28.4 Å². The number of hydrogen-bond acceptors (Lipinski definition) is 14. The number of esters is 5. The van der Waals surface area contributed by atoms with Crippen molar-refractivity contribution in [2.45, 2.75) is 112 Å². The summed E-state index contributed by atoms with van der Waals surface area (Å²) in [7, 11) is 2.81. The van der Waals surface area contributed by atoms with E-state index in [0.29, 0.717) is 11.3 Å². The fraction of sp³-hybridized carbons (Fsp3) is 0.711. The fourth-order valence-electron chi connectivity index (χ4n) is 4.88. The smallest absolute Gasteiger partial charge is 0.328 e. The van der Waals surface area contributed by atoms with E-state index in [2.05, 4.69) is 0 Å². The highest BCUT2D eigenvalue weighted by atomic mass is 16.6. The van der Waals surface area contributed by atoms with Gasteiger partial charge in [0, 0.05) is 26.2 Å². The molecule has 0 bridgehead atoms. The Balaban J connectivity index is 3.51. The summed E-state index contributed by atoms with van der Waals surface area (Å²) in [5, 5.41) is 0. The van der Waals surface area contributed by atoms with Crippen LogP contribution in [0.2, 0.25) is 0 Å². The van der Waals surface area contributed by atoms with Crippen molar-refractivity contribution >= 4 is 29.8 Å². The second-order valence-electron chi connectivity index (χ2n) is 16.5. The van der Waals surface area contributed by atoms with Crippen LogP contribution < -0.4 is 4.74 Å². The minimum atomic E-state index is -1.03. The van der Waals surface area contributed by atoms with E-state index < -0.39 is 58.3 Å². The normalized spacial score (nSPS) is 13.1. The molecular formula is C38H63N3O11. The van der Waals surface area contributed by atoms with Gasteiger partial charge in [0.2, 0.25) is 0 Å². The van der Waals surface area contributed by atoms with Gasteiger partial charge in [-0.1, -0.05) is 12.1 Å². The van der Waals surface area contributed by atoms with Gasteiger partial charge in [-0.3, -0.25) is 33.9 Å². The monoisotopic (exact) mass is 737 g/mol. The van der Waals surface area contributed by atoms with E-state index in [-0.39, 0.29) is 52.4 Å². The quantitative estimate of drug-likeness (QED) is 0.157. The summed E-state index contributed by atoms with van der Waals surface area (Å²) in [5.41, 5.74) is -2.54. The topological polar surface area (TPSA) is 150 Å². The number of benzene rings is 1. The average molecular weight is 738 g/mol. The van der Waals surface area contributed by atoms with Crippen LogP contribution in [0.25, 0.3) is 0 Å². The van der Waals surface area contributed by atoms with Gasteiger partial charge in [0.15, 0.2) is 0 Å². The van der Waals surface area contributed by atoms with E-state index in [1.54, 1.807) is 122 Å². The van der Waals surface area contributed by atoms with Gasteiger partial charge in [0.05, 0.1) is 40.4 Å². The molecule has 0 aliphatic carbocycles. The van der Waals surface area contributed by atoms with Crippen molar-refractivity contribution in [3.05, 3.63) is 29.8 Å². The summed E-state index contributed by atoms with van der Waals surface area (Å²) in [6, 6.07) is 5.85. The molecule has 0 aliphatic heterocycles. The zero-order valence-electron chi connectivity index (χ0n) is 33.9. The van der Waals surface area contributed by atoms with Crippen LogP contribution in [0.1, 0.15) is 94.7 Å². The van der Waals surface area contributed by atoms with Gasteiger partial charge in [-0.05, 0) is 101 Å². The molecule has 0 N–H and O–H groups in total. The molecule has 1 atom stereocenters. The summed E-state index contributed by atoms with van der Waals surface area (Å²) < 4.78 is 32.8. The van der Waals surface area contributed by atoms with Gasteiger partial charge >= 0.3 is 29.8 Å². The molecule has 1 unspecified atom stereocenters. The van der Waals surface area contributed by atoms with E-state index in [9.17, 15) is 24.0 Å². The summed E-state index contributed by atoms with van der Waals surface area (Å²) in [6.07, 6.45) is 0. The van der Waals surface area contributed by atoms with Crippen molar-refractivity contribution in [3.8, 4) is 5.75 Å². The van der Waals surface area contributed by atoms with Crippen molar-refractivity contribution in [2.24, 2.45) is 0 Å². The van der Waals surface area contributed by atoms with Crippen LogP contribution in [0.4, 0.5) is 0 Å². The maximum Gasteiger partial charge on any atom is 0.328 e. The van der Waals surface area contributed by atoms with E-state index in [1.807, 2.05) is 0 Å². The first-order valence-corrected chi connectivity index (χ1v) is 17.5. The van der Waals surface area contributed by atoms with Crippen LogP contribution in [0.3, 0.4) is 0 Å². The van der Waals surface area contributed by atoms with Gasteiger partial charge < -0.3 is 28.4 Å². The minimum Gasteiger partial charge on any atom is -0.497 e. The van der Waals surface area contributed by atoms with Crippen LogP contribution in [0.5, 0.6) is 5.75 Å². The lowest BCUT2D eigenvalue weighted by molar-refractivity contribution is -0.166. The number of carbonyl (C=O) groups excluding carboxylic acids is 5. The number of ether oxygens (including phenoxy) is 6. The summed E-state index contributed by atoms with van der Waals surface area (Å²) >= 11 is 0. The number of nitrogens with zero attached hydrogens (tertiary/aromatic N) is 3. The molecule has 0 fully saturated rings. The molecule has 0 aromatic heterocycles. The van der Waals surface area contributed by atoms with Crippen LogP contribution >= 0.6 is 0 Å². The Bertz CT molecular complexity index is 1290. The minimum absolute atomic E-state index is 0.101. The van der Waals surface area contributed by atoms with Crippen LogP contribution in [-0.4, -0.2) is 134 Å².